The number of hydrogen-bond donors (Lipinski definition) is 0. The summed E-state index contributed by atoms with van der Waals surface area (Å²) in [6.07, 6.45) is 2.20. The third-order valence-corrected chi connectivity index (χ3v) is 13.1. The summed E-state index contributed by atoms with van der Waals surface area (Å²) in [7, 11) is 0. The quantitative estimate of drug-likeness (QED) is 0.122. The van der Waals surface area contributed by atoms with Crippen molar-refractivity contribution in [2.45, 2.75) is 52.1 Å². The zero-order valence-corrected chi connectivity index (χ0v) is 41.3. The third kappa shape index (κ3) is 11.0. The first-order chi connectivity index (χ1) is 31.3. The Labute approximate surface area is 409 Å². The van der Waals surface area contributed by atoms with Gasteiger partial charge in [-0.2, -0.15) is 0 Å². The van der Waals surface area contributed by atoms with Crippen molar-refractivity contribution in [1.29, 1.82) is 0 Å². The first-order valence-corrected chi connectivity index (χ1v) is 24.4. The smallest absolute Gasteiger partial charge is 0.126 e. The van der Waals surface area contributed by atoms with Gasteiger partial charge in [-0.05, 0) is 70.8 Å². The van der Waals surface area contributed by atoms with Gasteiger partial charge in [-0.3, -0.25) is 0 Å². The Kier molecular flexibility index (Phi) is 14.3. The van der Waals surface area contributed by atoms with Crippen LogP contribution in [0, 0.1) is 0 Å². The van der Waals surface area contributed by atoms with E-state index in [0.29, 0.717) is 52.1 Å². The van der Waals surface area contributed by atoms with Crippen LogP contribution in [0.4, 0.5) is 0 Å². The molecule has 0 heterocycles. The van der Waals surface area contributed by atoms with Crippen LogP contribution in [-0.2, 0) is 52.1 Å². The van der Waals surface area contributed by atoms with Crippen molar-refractivity contribution in [2.75, 3.05) is 0 Å². The van der Waals surface area contributed by atoms with Crippen molar-refractivity contribution in [3.8, 4) is 23.0 Å². The van der Waals surface area contributed by atoms with E-state index in [0.717, 1.165) is 108 Å². The molecular weight excluding hydrogens is 1060 g/mol. The molecule has 0 aromatic heterocycles. The first-order valence-electron chi connectivity index (χ1n) is 21.2. The van der Waals surface area contributed by atoms with E-state index in [1.54, 1.807) is 0 Å². The summed E-state index contributed by atoms with van der Waals surface area (Å²) in [5.74, 6) is 3.37. The summed E-state index contributed by atoms with van der Waals surface area (Å²) in [5, 5.41) is 0. The van der Waals surface area contributed by atoms with Gasteiger partial charge in [0.2, 0.25) is 0 Å². The van der Waals surface area contributed by atoms with Crippen LogP contribution >= 0.6 is 63.7 Å². The number of hydrogen-bond acceptors (Lipinski definition) is 4. The Balaban J connectivity index is 1.26. The molecule has 9 rings (SSSR count). The summed E-state index contributed by atoms with van der Waals surface area (Å²) >= 11 is 15.7. The van der Waals surface area contributed by atoms with E-state index in [9.17, 15) is 0 Å². The van der Waals surface area contributed by atoms with Crippen molar-refractivity contribution >= 4 is 63.7 Å². The highest BCUT2D eigenvalue weighted by Crippen LogP contribution is 2.43. The van der Waals surface area contributed by atoms with Gasteiger partial charge in [-0.1, -0.05) is 185 Å². The number of ether oxygens (including phenoxy) is 4. The van der Waals surface area contributed by atoms with Crippen molar-refractivity contribution in [2.24, 2.45) is 0 Å². The molecule has 0 fully saturated rings. The fraction of sp³-hybridized carbons (Fsp3) is 0.143. The number of fused-ring (bicyclic) bond motifs is 8. The standard InChI is InChI=1S/C56H44Br4O4/c57-49-25-41-21-43-27-50(58)29-45(54(43)62-34-38-15-7-2-8-16-38)23-47-31-52(60)32-48(56(47)64-36-40-19-11-4-12-20-40)24-46-30-51(59)28-44(55(46)63-35-39-17-9-3-10-18-39)22-42(26-49)53(41)61-33-37-13-5-1-6-14-37/h1-20,25-32H,21-24,33-36H2. The first kappa shape index (κ1) is 44.1. The van der Waals surface area contributed by atoms with Gasteiger partial charge in [-0.15, -0.1) is 0 Å². The molecule has 8 aromatic rings. The molecule has 0 saturated carbocycles. The summed E-state index contributed by atoms with van der Waals surface area (Å²) < 4.78 is 31.8. The zero-order valence-electron chi connectivity index (χ0n) is 35.0. The molecule has 8 heteroatoms. The van der Waals surface area contributed by atoms with Gasteiger partial charge < -0.3 is 18.9 Å². The van der Waals surface area contributed by atoms with E-state index < -0.39 is 0 Å². The molecule has 1 aliphatic carbocycles. The van der Waals surface area contributed by atoms with Gasteiger partial charge in [-0.25, -0.2) is 0 Å². The van der Waals surface area contributed by atoms with Crippen LogP contribution < -0.4 is 18.9 Å². The fourth-order valence-corrected chi connectivity index (χ4v) is 10.6. The molecule has 64 heavy (non-hydrogen) atoms. The predicted octanol–water partition coefficient (Wildman–Crippen LogP) is 15.7. The Bertz CT molecular complexity index is 2380. The Hall–Kier alpha value is -5.12. The lowest BCUT2D eigenvalue weighted by Gasteiger charge is -2.24. The highest BCUT2D eigenvalue weighted by Gasteiger charge is 2.24. The maximum Gasteiger partial charge on any atom is 0.126 e. The monoisotopic (exact) mass is 1100 g/mol. The molecule has 0 spiro atoms. The molecule has 0 unspecified atom stereocenters. The van der Waals surface area contributed by atoms with E-state index in [1.165, 1.54) is 0 Å². The molecule has 320 valence electrons. The van der Waals surface area contributed by atoms with Crippen LogP contribution in [0.15, 0.2) is 188 Å². The molecular formula is C56H44Br4O4. The van der Waals surface area contributed by atoms with Crippen LogP contribution in [0.1, 0.15) is 66.8 Å². The maximum absolute atomic E-state index is 6.98. The molecule has 1 aliphatic rings. The molecule has 0 radical (unpaired) electrons. The molecule has 0 saturated heterocycles. The minimum absolute atomic E-state index is 0.417. The van der Waals surface area contributed by atoms with Crippen LogP contribution in [0.2, 0.25) is 0 Å². The van der Waals surface area contributed by atoms with Gasteiger partial charge >= 0.3 is 0 Å². The second-order valence-corrected chi connectivity index (χ2v) is 19.7. The van der Waals surface area contributed by atoms with E-state index >= 15 is 0 Å². The minimum Gasteiger partial charge on any atom is -0.488 e. The second-order valence-electron chi connectivity index (χ2n) is 16.0. The molecule has 0 N–H and O–H groups in total. The van der Waals surface area contributed by atoms with Gasteiger partial charge in [0.15, 0.2) is 0 Å². The Morgan fingerprint density at radius 3 is 0.609 bits per heavy atom. The number of halogens is 4. The Morgan fingerprint density at radius 2 is 0.438 bits per heavy atom. The normalized spacial score (nSPS) is 12.1. The van der Waals surface area contributed by atoms with Gasteiger partial charge in [0, 0.05) is 88.1 Å². The minimum atomic E-state index is 0.417. The SMILES string of the molecule is Brc1cc2c(OCc3ccccc3)c(c1)Cc1cc(Br)cc(c1OCc1ccccc1)Cc1cc(Br)cc(c1OCc1ccccc1)Cc1cc(Br)cc(c1OCc1ccccc1)C2. The largest absolute Gasteiger partial charge is 0.488 e. The third-order valence-electron chi connectivity index (χ3n) is 11.3. The second kappa shape index (κ2) is 20.8. The van der Waals surface area contributed by atoms with Crippen molar-refractivity contribution in [1.82, 2.24) is 0 Å². The van der Waals surface area contributed by atoms with Crippen LogP contribution in [0.3, 0.4) is 0 Å². The lowest BCUT2D eigenvalue weighted by Crippen LogP contribution is -2.10. The molecule has 8 bridgehead atoms. The van der Waals surface area contributed by atoms with Crippen molar-refractivity contribution in [3.05, 3.63) is 255 Å². The summed E-state index contributed by atoms with van der Waals surface area (Å²) in [6, 6.07) is 58.9. The molecule has 0 aliphatic heterocycles. The van der Waals surface area contributed by atoms with Crippen LogP contribution in [0.5, 0.6) is 23.0 Å². The molecule has 8 aromatic carbocycles. The van der Waals surface area contributed by atoms with Gasteiger partial charge in [0.05, 0.1) is 0 Å². The molecule has 0 atom stereocenters. The summed E-state index contributed by atoms with van der Waals surface area (Å²) in [6.45, 7) is 1.67. The Morgan fingerprint density at radius 1 is 0.266 bits per heavy atom. The van der Waals surface area contributed by atoms with E-state index in [2.05, 4.69) is 209 Å². The van der Waals surface area contributed by atoms with Crippen molar-refractivity contribution < 1.29 is 18.9 Å². The predicted molar refractivity (Wildman–Crippen MR) is 271 cm³/mol. The van der Waals surface area contributed by atoms with Crippen molar-refractivity contribution in [3.63, 3.8) is 0 Å². The zero-order chi connectivity index (χ0) is 43.8. The lowest BCUT2D eigenvalue weighted by molar-refractivity contribution is 0.293. The van der Waals surface area contributed by atoms with Crippen LogP contribution in [-0.4, -0.2) is 0 Å². The maximum atomic E-state index is 6.98. The van der Waals surface area contributed by atoms with E-state index in [-0.39, 0.29) is 0 Å². The lowest BCUT2D eigenvalue weighted by atomic mass is 9.91. The summed E-state index contributed by atoms with van der Waals surface area (Å²) in [4.78, 5) is 0. The average Bonchev–Trinajstić information content (AvgIpc) is 3.29. The van der Waals surface area contributed by atoms with Gasteiger partial charge in [0.1, 0.15) is 49.4 Å². The summed E-state index contributed by atoms with van der Waals surface area (Å²) in [5.41, 5.74) is 12.7. The van der Waals surface area contributed by atoms with E-state index in [1.807, 2.05) is 24.3 Å². The number of rotatable bonds is 12. The highest BCUT2D eigenvalue weighted by atomic mass is 79.9. The highest BCUT2D eigenvalue weighted by molar-refractivity contribution is 9.11. The van der Waals surface area contributed by atoms with Crippen LogP contribution in [0.25, 0.3) is 0 Å². The average molecular weight is 1100 g/mol. The molecule has 4 nitrogen and oxygen atoms in total. The number of benzene rings is 8. The van der Waals surface area contributed by atoms with Gasteiger partial charge in [0.25, 0.3) is 0 Å². The molecule has 0 amide bonds. The topological polar surface area (TPSA) is 36.9 Å². The fourth-order valence-electron chi connectivity index (χ4n) is 8.38. The van der Waals surface area contributed by atoms with E-state index in [4.69, 9.17) is 18.9 Å².